The van der Waals surface area contributed by atoms with Gasteiger partial charge in [0.25, 0.3) is 5.91 Å². The molecule has 0 aliphatic heterocycles. The number of hydrogen-bond donors (Lipinski definition) is 3. The van der Waals surface area contributed by atoms with E-state index in [1.807, 2.05) is 0 Å². The van der Waals surface area contributed by atoms with Crippen molar-refractivity contribution in [1.29, 1.82) is 0 Å². The number of amides is 1. The van der Waals surface area contributed by atoms with E-state index in [1.54, 1.807) is 0 Å². The van der Waals surface area contributed by atoms with Crippen molar-refractivity contribution in [2.24, 2.45) is 0 Å². The van der Waals surface area contributed by atoms with E-state index >= 15 is 0 Å². The zero-order chi connectivity index (χ0) is 15.6. The van der Waals surface area contributed by atoms with E-state index in [0.29, 0.717) is 6.07 Å². The summed E-state index contributed by atoms with van der Waals surface area (Å²) in [6.45, 7) is 0. The van der Waals surface area contributed by atoms with Crippen molar-refractivity contribution in [2.75, 3.05) is 5.32 Å². The Bertz CT molecular complexity index is 731. The lowest BCUT2D eigenvalue weighted by atomic mass is 10.1. The maximum absolute atomic E-state index is 13.4. The van der Waals surface area contributed by atoms with Gasteiger partial charge in [-0.25, -0.2) is 13.6 Å². The molecule has 3 N–H and O–H groups in total. The number of carbonyl (C=O) groups excluding carboxylic acids is 1. The first-order valence-electron chi connectivity index (χ1n) is 5.71. The van der Waals surface area contributed by atoms with Crippen LogP contribution in [0.3, 0.4) is 0 Å². The number of carboxylic acid groups (broad SMARTS) is 1. The minimum atomic E-state index is -1.25. The smallest absolute Gasteiger partial charge is 0.335 e. The molecule has 0 aliphatic carbocycles. The Labute approximate surface area is 117 Å². The molecule has 0 aromatic heterocycles. The maximum atomic E-state index is 13.4. The molecule has 5 nitrogen and oxygen atoms in total. The molecule has 1 amide bonds. The summed E-state index contributed by atoms with van der Waals surface area (Å²) in [4.78, 5) is 22.5. The largest absolute Gasteiger partial charge is 0.506 e. The topological polar surface area (TPSA) is 86.6 Å². The number of benzene rings is 2. The zero-order valence-corrected chi connectivity index (χ0v) is 10.4. The van der Waals surface area contributed by atoms with Crippen molar-refractivity contribution in [1.82, 2.24) is 0 Å². The Hall–Kier alpha value is -2.96. The van der Waals surface area contributed by atoms with Crippen LogP contribution in [0.4, 0.5) is 14.5 Å². The minimum absolute atomic E-state index is 0.117. The minimum Gasteiger partial charge on any atom is -0.506 e. The van der Waals surface area contributed by atoms with Gasteiger partial charge in [0, 0.05) is 0 Å². The number of phenolic OH excluding ortho intramolecular Hbond substituents is 1. The fourth-order valence-corrected chi connectivity index (χ4v) is 1.63. The predicted octanol–water partition coefficient (Wildman–Crippen LogP) is 2.62. The van der Waals surface area contributed by atoms with E-state index in [0.717, 1.165) is 30.3 Å². The van der Waals surface area contributed by atoms with Crippen molar-refractivity contribution in [3.05, 3.63) is 59.2 Å². The molecular formula is C14H9F2NO4. The van der Waals surface area contributed by atoms with E-state index in [-0.39, 0.29) is 11.3 Å². The van der Waals surface area contributed by atoms with Crippen LogP contribution in [0, 0.1) is 11.6 Å². The van der Waals surface area contributed by atoms with Gasteiger partial charge in [0.05, 0.1) is 16.8 Å². The normalized spacial score (nSPS) is 10.2. The second-order valence-corrected chi connectivity index (χ2v) is 4.12. The molecule has 0 saturated heterocycles. The molecule has 0 atom stereocenters. The fraction of sp³-hybridized carbons (Fsp3) is 0. The first-order valence-corrected chi connectivity index (χ1v) is 5.71. The second kappa shape index (κ2) is 5.58. The van der Waals surface area contributed by atoms with E-state index in [4.69, 9.17) is 5.11 Å². The van der Waals surface area contributed by atoms with Gasteiger partial charge in [-0.1, -0.05) is 0 Å². The van der Waals surface area contributed by atoms with Crippen LogP contribution in [-0.4, -0.2) is 22.1 Å². The lowest BCUT2D eigenvalue weighted by molar-refractivity contribution is 0.0696. The molecule has 7 heteroatoms. The number of halogens is 2. The van der Waals surface area contributed by atoms with Crippen LogP contribution < -0.4 is 5.32 Å². The summed E-state index contributed by atoms with van der Waals surface area (Å²) in [5.74, 6) is -4.42. The van der Waals surface area contributed by atoms with Crippen LogP contribution in [0.25, 0.3) is 0 Å². The van der Waals surface area contributed by atoms with Gasteiger partial charge in [0.1, 0.15) is 17.4 Å². The molecule has 21 heavy (non-hydrogen) atoms. The Morgan fingerprint density at radius 3 is 2.38 bits per heavy atom. The highest BCUT2D eigenvalue weighted by molar-refractivity contribution is 6.05. The third kappa shape index (κ3) is 3.14. The number of aromatic carboxylic acids is 1. The number of anilines is 1. The molecule has 108 valence electrons. The molecule has 0 unspecified atom stereocenters. The molecule has 0 aliphatic rings. The lowest BCUT2D eigenvalue weighted by Gasteiger charge is -2.08. The van der Waals surface area contributed by atoms with Gasteiger partial charge in [-0.05, 0) is 36.4 Å². The molecule has 0 saturated carbocycles. The standard InChI is InChI=1S/C14H9F2NO4/c15-8-2-3-10(16)9(6-8)13(19)17-11-4-1-7(14(20)21)5-12(11)18/h1-6,18H,(H,17,19)(H,20,21). The van der Waals surface area contributed by atoms with Gasteiger partial charge in [0.15, 0.2) is 0 Å². The molecule has 0 spiro atoms. The monoisotopic (exact) mass is 293 g/mol. The van der Waals surface area contributed by atoms with E-state index in [1.165, 1.54) is 0 Å². The van der Waals surface area contributed by atoms with E-state index < -0.39 is 34.8 Å². The molecule has 2 aromatic rings. The van der Waals surface area contributed by atoms with Crippen molar-refractivity contribution in [3.63, 3.8) is 0 Å². The number of carboxylic acids is 1. The molecule has 0 bridgehead atoms. The molecule has 2 rings (SSSR count). The summed E-state index contributed by atoms with van der Waals surface area (Å²) in [7, 11) is 0. The average molecular weight is 293 g/mol. The Kier molecular flexibility index (Phi) is 3.84. The van der Waals surface area contributed by atoms with Gasteiger partial charge < -0.3 is 15.5 Å². The second-order valence-electron chi connectivity index (χ2n) is 4.12. The highest BCUT2D eigenvalue weighted by Gasteiger charge is 2.15. The Balaban J connectivity index is 2.27. The average Bonchev–Trinajstić information content (AvgIpc) is 2.43. The summed E-state index contributed by atoms with van der Waals surface area (Å²) < 4.78 is 26.4. The van der Waals surface area contributed by atoms with E-state index in [2.05, 4.69) is 5.32 Å². The first-order chi connectivity index (χ1) is 9.88. The van der Waals surface area contributed by atoms with Crippen molar-refractivity contribution in [2.45, 2.75) is 0 Å². The van der Waals surface area contributed by atoms with Gasteiger partial charge in [-0.2, -0.15) is 0 Å². The van der Waals surface area contributed by atoms with Crippen molar-refractivity contribution < 1.29 is 28.6 Å². The maximum Gasteiger partial charge on any atom is 0.335 e. The first kappa shape index (κ1) is 14.4. The van der Waals surface area contributed by atoms with E-state index in [9.17, 15) is 23.5 Å². The predicted molar refractivity (Wildman–Crippen MR) is 69.4 cm³/mol. The van der Waals surface area contributed by atoms with Crippen LogP contribution in [0.15, 0.2) is 36.4 Å². The summed E-state index contributed by atoms with van der Waals surface area (Å²) in [5, 5.41) is 20.5. The Morgan fingerprint density at radius 1 is 1.05 bits per heavy atom. The molecule has 0 radical (unpaired) electrons. The van der Waals surface area contributed by atoms with Gasteiger partial charge in [0.2, 0.25) is 0 Å². The van der Waals surface area contributed by atoms with Gasteiger partial charge in [-0.15, -0.1) is 0 Å². The quantitative estimate of drug-likeness (QED) is 0.759. The summed E-state index contributed by atoms with van der Waals surface area (Å²) in [6.07, 6.45) is 0. The number of phenols is 1. The summed E-state index contributed by atoms with van der Waals surface area (Å²) in [6, 6.07) is 5.61. The molecule has 2 aromatic carbocycles. The molecule has 0 fully saturated rings. The highest BCUT2D eigenvalue weighted by Crippen LogP contribution is 2.25. The third-order valence-electron chi connectivity index (χ3n) is 2.67. The van der Waals surface area contributed by atoms with Crippen LogP contribution in [0.5, 0.6) is 5.75 Å². The van der Waals surface area contributed by atoms with Crippen LogP contribution in [0.1, 0.15) is 20.7 Å². The van der Waals surface area contributed by atoms with Crippen LogP contribution in [0.2, 0.25) is 0 Å². The number of rotatable bonds is 3. The molecular weight excluding hydrogens is 284 g/mol. The number of hydrogen-bond acceptors (Lipinski definition) is 3. The van der Waals surface area contributed by atoms with Gasteiger partial charge >= 0.3 is 5.97 Å². The summed E-state index contributed by atoms with van der Waals surface area (Å²) in [5.41, 5.74) is -0.826. The van der Waals surface area contributed by atoms with Crippen LogP contribution in [-0.2, 0) is 0 Å². The number of nitrogens with one attached hydrogen (secondary N) is 1. The fourth-order valence-electron chi connectivity index (χ4n) is 1.63. The number of aromatic hydroxyl groups is 1. The van der Waals surface area contributed by atoms with Crippen molar-refractivity contribution in [3.8, 4) is 5.75 Å². The third-order valence-corrected chi connectivity index (χ3v) is 2.67. The Morgan fingerprint density at radius 2 is 1.76 bits per heavy atom. The molecule has 0 heterocycles. The number of carbonyl (C=O) groups is 2. The van der Waals surface area contributed by atoms with Crippen molar-refractivity contribution >= 4 is 17.6 Å². The van der Waals surface area contributed by atoms with Crippen LogP contribution >= 0.6 is 0 Å². The SMILES string of the molecule is O=C(O)c1ccc(NC(=O)c2cc(F)ccc2F)c(O)c1. The zero-order valence-electron chi connectivity index (χ0n) is 10.4. The highest BCUT2D eigenvalue weighted by atomic mass is 19.1. The van der Waals surface area contributed by atoms with Gasteiger partial charge in [-0.3, -0.25) is 4.79 Å². The lowest BCUT2D eigenvalue weighted by Crippen LogP contribution is -2.14. The summed E-state index contributed by atoms with van der Waals surface area (Å²) >= 11 is 0.